The van der Waals surface area contributed by atoms with Gasteiger partial charge < -0.3 is 5.32 Å². The number of aromatic nitrogens is 2. The van der Waals surface area contributed by atoms with Crippen LogP contribution in [0.5, 0.6) is 0 Å². The molecule has 1 aliphatic rings. The summed E-state index contributed by atoms with van der Waals surface area (Å²) >= 11 is 3.12. The van der Waals surface area contributed by atoms with Crippen molar-refractivity contribution in [1.82, 2.24) is 10.2 Å². The van der Waals surface area contributed by atoms with E-state index in [1.54, 1.807) is 0 Å². The third-order valence-corrected chi connectivity index (χ3v) is 5.84. The molecule has 0 aromatic carbocycles. The van der Waals surface area contributed by atoms with E-state index in [9.17, 15) is 13.2 Å². The highest BCUT2D eigenvalue weighted by Gasteiger charge is 2.30. The van der Waals surface area contributed by atoms with E-state index in [1.807, 2.05) is 0 Å². The van der Waals surface area contributed by atoms with Gasteiger partial charge in [-0.05, 0) is 28.8 Å². The summed E-state index contributed by atoms with van der Waals surface area (Å²) in [6.07, 6.45) is 2.83. The summed E-state index contributed by atoms with van der Waals surface area (Å²) in [6, 6.07) is 0. The fourth-order valence-corrected chi connectivity index (χ4v) is 3.91. The zero-order valence-electron chi connectivity index (χ0n) is 8.94. The number of aromatic amines is 1. The van der Waals surface area contributed by atoms with Gasteiger partial charge in [0.25, 0.3) is 5.56 Å². The maximum absolute atomic E-state index is 11.6. The first-order valence-electron chi connectivity index (χ1n) is 5.19. The number of halogens is 1. The molecule has 2 N–H and O–H groups in total. The van der Waals surface area contributed by atoms with Crippen molar-refractivity contribution < 1.29 is 8.42 Å². The standard InChI is InChI=1S/C9H12BrN3O3S/c10-8-7(5-12-13-9(8)14)11-4-6-2-1-3-17(6,15)16/h5-6H,1-4H2,(H2,11,13,14). The molecule has 1 aromatic rings. The molecule has 0 amide bonds. The van der Waals surface area contributed by atoms with Gasteiger partial charge in [0.2, 0.25) is 0 Å². The molecule has 6 nitrogen and oxygen atoms in total. The molecular formula is C9H12BrN3O3S. The Morgan fingerprint density at radius 2 is 2.35 bits per heavy atom. The molecule has 17 heavy (non-hydrogen) atoms. The second kappa shape index (κ2) is 4.77. The van der Waals surface area contributed by atoms with Crippen molar-refractivity contribution >= 4 is 31.5 Å². The van der Waals surface area contributed by atoms with Crippen LogP contribution in [0.15, 0.2) is 15.5 Å². The molecule has 0 radical (unpaired) electrons. The number of hydrogen-bond donors (Lipinski definition) is 2. The van der Waals surface area contributed by atoms with Crippen LogP contribution in [0.25, 0.3) is 0 Å². The van der Waals surface area contributed by atoms with Crippen LogP contribution in [0.1, 0.15) is 12.8 Å². The van der Waals surface area contributed by atoms with Gasteiger partial charge in [0.05, 0.1) is 22.9 Å². The van der Waals surface area contributed by atoms with Gasteiger partial charge in [-0.1, -0.05) is 0 Å². The molecule has 1 saturated heterocycles. The SMILES string of the molecule is O=c1[nH]ncc(NCC2CCCS2(=O)=O)c1Br. The predicted octanol–water partition coefficient (Wildman–Crippen LogP) is 0.521. The predicted molar refractivity (Wildman–Crippen MR) is 67.9 cm³/mol. The van der Waals surface area contributed by atoms with E-state index in [4.69, 9.17) is 0 Å². The van der Waals surface area contributed by atoms with E-state index in [1.165, 1.54) is 6.20 Å². The van der Waals surface area contributed by atoms with Gasteiger partial charge in [0, 0.05) is 6.54 Å². The molecule has 1 atom stereocenters. The Labute approximate surface area is 107 Å². The monoisotopic (exact) mass is 321 g/mol. The van der Waals surface area contributed by atoms with E-state index in [0.29, 0.717) is 29.5 Å². The van der Waals surface area contributed by atoms with Crippen molar-refractivity contribution in [3.05, 3.63) is 21.0 Å². The van der Waals surface area contributed by atoms with Crippen molar-refractivity contribution in [3.8, 4) is 0 Å². The van der Waals surface area contributed by atoms with E-state index < -0.39 is 9.84 Å². The van der Waals surface area contributed by atoms with Gasteiger partial charge in [-0.25, -0.2) is 13.5 Å². The highest BCUT2D eigenvalue weighted by Crippen LogP contribution is 2.22. The smallest absolute Gasteiger partial charge is 0.280 e. The third-order valence-electron chi connectivity index (χ3n) is 2.78. The van der Waals surface area contributed by atoms with Gasteiger partial charge in [-0.3, -0.25) is 4.79 Å². The van der Waals surface area contributed by atoms with Crippen LogP contribution in [0.2, 0.25) is 0 Å². The Bertz CT molecular complexity index is 569. The van der Waals surface area contributed by atoms with Crippen molar-refractivity contribution in [2.45, 2.75) is 18.1 Å². The number of rotatable bonds is 3. The fraction of sp³-hybridized carbons (Fsp3) is 0.556. The topological polar surface area (TPSA) is 91.9 Å². The summed E-state index contributed by atoms with van der Waals surface area (Å²) in [7, 11) is -2.96. The molecule has 1 aromatic heterocycles. The molecule has 94 valence electrons. The first-order valence-corrected chi connectivity index (χ1v) is 7.70. The largest absolute Gasteiger partial charge is 0.381 e. The highest BCUT2D eigenvalue weighted by molar-refractivity contribution is 9.10. The van der Waals surface area contributed by atoms with Crippen LogP contribution in [-0.2, 0) is 9.84 Å². The summed E-state index contributed by atoms with van der Waals surface area (Å²) < 4.78 is 23.5. The molecule has 8 heteroatoms. The number of anilines is 1. The normalized spacial score (nSPS) is 22.5. The van der Waals surface area contributed by atoms with Crippen molar-refractivity contribution in [2.24, 2.45) is 0 Å². The Hall–Kier alpha value is -0.890. The van der Waals surface area contributed by atoms with Gasteiger partial charge in [0.1, 0.15) is 4.47 Å². The molecule has 1 unspecified atom stereocenters. The average Bonchev–Trinajstić information content (AvgIpc) is 2.60. The lowest BCUT2D eigenvalue weighted by molar-refractivity contribution is 0.591. The van der Waals surface area contributed by atoms with E-state index in [2.05, 4.69) is 31.4 Å². The Balaban J connectivity index is 2.08. The van der Waals surface area contributed by atoms with E-state index in [0.717, 1.165) is 0 Å². The minimum atomic E-state index is -2.96. The highest BCUT2D eigenvalue weighted by atomic mass is 79.9. The molecule has 2 heterocycles. The lowest BCUT2D eigenvalue weighted by Crippen LogP contribution is -2.26. The zero-order valence-corrected chi connectivity index (χ0v) is 11.3. The second-order valence-corrected chi connectivity index (χ2v) is 7.13. The van der Waals surface area contributed by atoms with E-state index >= 15 is 0 Å². The Kier molecular flexibility index (Phi) is 3.53. The van der Waals surface area contributed by atoms with Crippen LogP contribution in [0, 0.1) is 0 Å². The van der Waals surface area contributed by atoms with Crippen LogP contribution in [0.3, 0.4) is 0 Å². The Morgan fingerprint density at radius 3 is 3.00 bits per heavy atom. The number of nitrogens with zero attached hydrogens (tertiary/aromatic N) is 1. The number of nitrogens with one attached hydrogen (secondary N) is 2. The van der Waals surface area contributed by atoms with Gasteiger partial charge >= 0.3 is 0 Å². The maximum Gasteiger partial charge on any atom is 0.280 e. The van der Waals surface area contributed by atoms with Gasteiger partial charge in [-0.2, -0.15) is 5.10 Å². The summed E-state index contributed by atoms with van der Waals surface area (Å²) in [6.45, 7) is 0.312. The quantitative estimate of drug-likeness (QED) is 0.846. The lowest BCUT2D eigenvalue weighted by atomic mass is 10.2. The van der Waals surface area contributed by atoms with Crippen LogP contribution in [0.4, 0.5) is 5.69 Å². The summed E-state index contributed by atoms with van der Waals surface area (Å²) in [5.74, 6) is 0.258. The average molecular weight is 322 g/mol. The second-order valence-electron chi connectivity index (χ2n) is 3.94. The minimum absolute atomic E-state index is 0.258. The van der Waals surface area contributed by atoms with Crippen molar-refractivity contribution in [2.75, 3.05) is 17.6 Å². The number of H-pyrrole nitrogens is 1. The van der Waals surface area contributed by atoms with Crippen molar-refractivity contribution in [1.29, 1.82) is 0 Å². The zero-order chi connectivity index (χ0) is 12.5. The fourth-order valence-electron chi connectivity index (χ4n) is 1.82. The molecule has 1 fully saturated rings. The third kappa shape index (κ3) is 2.68. The first-order chi connectivity index (χ1) is 8.00. The molecule has 2 rings (SSSR count). The number of sulfone groups is 1. The first kappa shape index (κ1) is 12.6. The van der Waals surface area contributed by atoms with Crippen LogP contribution < -0.4 is 10.9 Å². The maximum atomic E-state index is 11.6. The lowest BCUT2D eigenvalue weighted by Gasteiger charge is -2.12. The molecule has 0 spiro atoms. The van der Waals surface area contributed by atoms with Gasteiger partial charge in [-0.15, -0.1) is 0 Å². The summed E-state index contributed by atoms with van der Waals surface area (Å²) in [5, 5.41) is 8.50. The molecular weight excluding hydrogens is 310 g/mol. The molecule has 0 saturated carbocycles. The van der Waals surface area contributed by atoms with Crippen LogP contribution >= 0.6 is 15.9 Å². The minimum Gasteiger partial charge on any atom is -0.381 e. The van der Waals surface area contributed by atoms with Crippen LogP contribution in [-0.4, -0.2) is 36.2 Å². The number of hydrogen-bond acceptors (Lipinski definition) is 5. The summed E-state index contributed by atoms with van der Waals surface area (Å²) in [5.41, 5.74) is 0.167. The molecule has 0 aliphatic carbocycles. The van der Waals surface area contributed by atoms with Gasteiger partial charge in [0.15, 0.2) is 9.84 Å². The summed E-state index contributed by atoms with van der Waals surface area (Å²) in [4.78, 5) is 11.2. The molecule has 1 aliphatic heterocycles. The van der Waals surface area contributed by atoms with Crippen molar-refractivity contribution in [3.63, 3.8) is 0 Å². The molecule has 0 bridgehead atoms. The van der Waals surface area contributed by atoms with E-state index in [-0.39, 0.29) is 16.6 Å². The Morgan fingerprint density at radius 1 is 1.59 bits per heavy atom.